The van der Waals surface area contributed by atoms with E-state index in [-0.39, 0.29) is 22.3 Å². The lowest BCUT2D eigenvalue weighted by Gasteiger charge is -2.23. The Morgan fingerprint density at radius 1 is 1.02 bits per heavy atom. The van der Waals surface area contributed by atoms with Crippen LogP contribution in [0.15, 0.2) is 76.6 Å². The van der Waals surface area contributed by atoms with Crippen LogP contribution in [0.2, 0.25) is 5.02 Å². The molecular weight excluding hydrogens is 601 g/mol. The molecule has 1 amide bonds. The maximum absolute atomic E-state index is 14.1. The lowest BCUT2D eigenvalue weighted by atomic mass is 9.95. The van der Waals surface area contributed by atoms with Crippen LogP contribution in [-0.2, 0) is 15.3 Å². The van der Waals surface area contributed by atoms with E-state index in [2.05, 4.69) is 10.2 Å². The van der Waals surface area contributed by atoms with Crippen LogP contribution in [0.1, 0.15) is 36.6 Å². The van der Waals surface area contributed by atoms with Crippen LogP contribution in [0.5, 0.6) is 11.5 Å². The number of carbonyl (C=O) groups excluding carboxylic acids is 2. The zero-order valence-corrected chi connectivity index (χ0v) is 24.9. The molecule has 1 N–H and O–H groups in total. The van der Waals surface area contributed by atoms with Crippen LogP contribution < -0.4 is 14.4 Å². The first kappa shape index (κ1) is 29.6. The molecule has 1 unspecified atom stereocenters. The molecule has 42 heavy (non-hydrogen) atoms. The summed E-state index contributed by atoms with van der Waals surface area (Å²) in [5, 5.41) is 20.3. The minimum atomic E-state index is -1.05. The zero-order chi connectivity index (χ0) is 29.8. The van der Waals surface area contributed by atoms with Crippen molar-refractivity contribution in [1.29, 1.82) is 0 Å². The van der Waals surface area contributed by atoms with Gasteiger partial charge in [-0.2, -0.15) is 0 Å². The number of ketones is 1. The van der Waals surface area contributed by atoms with Crippen molar-refractivity contribution in [2.24, 2.45) is 0 Å². The number of aliphatic hydroxyl groups is 1. The van der Waals surface area contributed by atoms with Crippen molar-refractivity contribution in [2.45, 2.75) is 30.0 Å². The molecule has 2 heterocycles. The number of rotatable bonds is 10. The van der Waals surface area contributed by atoms with Crippen molar-refractivity contribution in [3.05, 3.63) is 99.8 Å². The Kier molecular flexibility index (Phi) is 9.10. The van der Waals surface area contributed by atoms with E-state index in [0.717, 1.165) is 11.3 Å². The van der Waals surface area contributed by atoms with Crippen molar-refractivity contribution < 1.29 is 28.6 Å². The summed E-state index contributed by atoms with van der Waals surface area (Å²) < 4.78 is 26.1. The Hall–Kier alpha value is -3.93. The molecule has 1 aliphatic heterocycles. The Labute approximate surface area is 254 Å². The predicted molar refractivity (Wildman–Crippen MR) is 161 cm³/mol. The molecule has 8 nitrogen and oxygen atoms in total. The lowest BCUT2D eigenvalue weighted by molar-refractivity contribution is -0.132. The number of aromatic nitrogens is 2. The second-order valence-corrected chi connectivity index (χ2v) is 11.6. The van der Waals surface area contributed by atoms with Gasteiger partial charge in [-0.05, 0) is 67.4 Å². The van der Waals surface area contributed by atoms with Crippen LogP contribution in [0, 0.1) is 5.82 Å². The third-order valence-corrected chi connectivity index (χ3v) is 8.71. The smallest absolute Gasteiger partial charge is 0.301 e. The van der Waals surface area contributed by atoms with Crippen molar-refractivity contribution in [3.8, 4) is 11.5 Å². The highest BCUT2D eigenvalue weighted by atomic mass is 35.5. The molecule has 0 saturated carbocycles. The molecule has 1 fully saturated rings. The third kappa shape index (κ3) is 5.99. The van der Waals surface area contributed by atoms with E-state index in [1.807, 2.05) is 13.8 Å². The van der Waals surface area contributed by atoms with Crippen molar-refractivity contribution in [3.63, 3.8) is 0 Å². The monoisotopic (exact) mass is 625 g/mol. The fraction of sp³-hybridized carbons (Fsp3) is 0.200. The summed E-state index contributed by atoms with van der Waals surface area (Å²) in [6, 6.07) is 16.8. The van der Waals surface area contributed by atoms with Crippen LogP contribution in [-0.4, -0.2) is 40.2 Å². The number of hydrogen-bond donors (Lipinski definition) is 1. The van der Waals surface area contributed by atoms with E-state index in [0.29, 0.717) is 56.5 Å². The normalized spacial score (nSPS) is 16.2. The fourth-order valence-corrected chi connectivity index (χ4v) is 6.44. The number of thioether (sulfide) groups is 1. The summed E-state index contributed by atoms with van der Waals surface area (Å²) in [4.78, 5) is 28.3. The van der Waals surface area contributed by atoms with Gasteiger partial charge in [-0.15, -0.1) is 10.2 Å². The molecule has 0 aliphatic carbocycles. The van der Waals surface area contributed by atoms with E-state index in [1.165, 1.54) is 22.7 Å². The van der Waals surface area contributed by atoms with Gasteiger partial charge in [-0.3, -0.25) is 14.5 Å². The summed E-state index contributed by atoms with van der Waals surface area (Å²) in [6.45, 7) is 4.44. The van der Waals surface area contributed by atoms with Crippen molar-refractivity contribution in [1.82, 2.24) is 10.2 Å². The first-order chi connectivity index (χ1) is 20.3. The fourth-order valence-electron chi connectivity index (χ4n) is 4.46. The van der Waals surface area contributed by atoms with Gasteiger partial charge in [-0.25, -0.2) is 4.39 Å². The second kappa shape index (κ2) is 12.9. The van der Waals surface area contributed by atoms with E-state index in [9.17, 15) is 19.1 Å². The SMILES string of the molecule is CCOc1ccc(C2/C(=C(\O)c3ccc(Cl)cc3)C(=O)C(=O)N2c2nnc(SCc3ccccc3F)s2)cc1OCC. The van der Waals surface area contributed by atoms with Gasteiger partial charge < -0.3 is 14.6 Å². The lowest BCUT2D eigenvalue weighted by Crippen LogP contribution is -2.29. The third-order valence-electron chi connectivity index (χ3n) is 6.36. The number of anilines is 1. The molecular formula is C30H25ClFN3O5S2. The topological polar surface area (TPSA) is 102 Å². The van der Waals surface area contributed by atoms with Gasteiger partial charge in [0.25, 0.3) is 5.78 Å². The summed E-state index contributed by atoms with van der Waals surface area (Å²) in [5.74, 6) is -1.21. The highest BCUT2D eigenvalue weighted by molar-refractivity contribution is 8.00. The number of carbonyl (C=O) groups is 2. The van der Waals surface area contributed by atoms with E-state index >= 15 is 0 Å². The predicted octanol–water partition coefficient (Wildman–Crippen LogP) is 7.05. The Balaban J connectivity index is 1.59. The van der Waals surface area contributed by atoms with Crippen LogP contribution >= 0.6 is 34.7 Å². The van der Waals surface area contributed by atoms with Gasteiger partial charge >= 0.3 is 5.91 Å². The van der Waals surface area contributed by atoms with Crippen LogP contribution in [0.4, 0.5) is 9.52 Å². The minimum Gasteiger partial charge on any atom is -0.507 e. The molecule has 5 rings (SSSR count). The summed E-state index contributed by atoms with van der Waals surface area (Å²) in [5.41, 5.74) is 1.19. The van der Waals surface area contributed by atoms with E-state index in [4.69, 9.17) is 21.1 Å². The largest absolute Gasteiger partial charge is 0.507 e. The number of benzene rings is 3. The van der Waals surface area contributed by atoms with E-state index < -0.39 is 17.7 Å². The minimum absolute atomic E-state index is 0.121. The second-order valence-electron chi connectivity index (χ2n) is 8.98. The molecule has 3 aromatic carbocycles. The Bertz CT molecular complexity index is 1660. The summed E-state index contributed by atoms with van der Waals surface area (Å²) >= 11 is 8.38. The van der Waals surface area contributed by atoms with Gasteiger partial charge in [0, 0.05) is 16.3 Å². The molecule has 12 heteroatoms. The van der Waals surface area contributed by atoms with Gasteiger partial charge in [0.2, 0.25) is 5.13 Å². The molecule has 216 valence electrons. The zero-order valence-electron chi connectivity index (χ0n) is 22.5. The first-order valence-electron chi connectivity index (χ1n) is 13.0. The standard InChI is InChI=1S/C30H25ClFN3O5S2/c1-3-39-22-14-11-18(15-23(22)40-4-2)25-24(26(36)17-9-12-20(31)13-10-17)27(37)28(38)35(25)29-33-34-30(42-29)41-16-19-7-5-6-8-21(19)32/h5-15,25,36H,3-4,16H2,1-2H3/b26-24+. The average molecular weight is 626 g/mol. The Morgan fingerprint density at radius 3 is 2.45 bits per heavy atom. The number of ether oxygens (including phenoxy) is 2. The molecule has 0 radical (unpaired) electrons. The quantitative estimate of drug-likeness (QED) is 0.0658. The van der Waals surface area contributed by atoms with Gasteiger partial charge in [0.05, 0.1) is 24.8 Å². The van der Waals surface area contributed by atoms with Crippen LogP contribution in [0.3, 0.4) is 0 Å². The van der Waals surface area contributed by atoms with Crippen molar-refractivity contribution >= 4 is 57.3 Å². The first-order valence-corrected chi connectivity index (χ1v) is 15.2. The van der Waals surface area contributed by atoms with E-state index in [1.54, 1.807) is 60.7 Å². The maximum Gasteiger partial charge on any atom is 0.301 e. The molecule has 1 aliphatic rings. The van der Waals surface area contributed by atoms with Crippen molar-refractivity contribution in [2.75, 3.05) is 18.1 Å². The Morgan fingerprint density at radius 2 is 1.74 bits per heavy atom. The number of amides is 1. The molecule has 0 bridgehead atoms. The molecule has 0 spiro atoms. The average Bonchev–Trinajstić information content (AvgIpc) is 3.55. The molecule has 1 atom stereocenters. The number of aliphatic hydroxyl groups excluding tert-OH is 1. The number of hydrogen-bond acceptors (Lipinski definition) is 9. The number of halogens is 2. The number of nitrogens with zero attached hydrogens (tertiary/aromatic N) is 3. The highest BCUT2D eigenvalue weighted by Crippen LogP contribution is 2.45. The molecule has 4 aromatic rings. The summed E-state index contributed by atoms with van der Waals surface area (Å²) in [7, 11) is 0. The van der Waals surface area contributed by atoms with Crippen LogP contribution in [0.25, 0.3) is 5.76 Å². The molecule has 1 saturated heterocycles. The summed E-state index contributed by atoms with van der Waals surface area (Å²) in [6.07, 6.45) is 0. The van der Waals surface area contributed by atoms with Gasteiger partial charge in [0.1, 0.15) is 11.6 Å². The number of Topliss-reactive ketones (excluding diaryl/α,β-unsaturated/α-hetero) is 1. The van der Waals surface area contributed by atoms with Gasteiger partial charge in [-0.1, -0.05) is 59.0 Å². The maximum atomic E-state index is 14.1. The highest BCUT2D eigenvalue weighted by Gasteiger charge is 2.48. The molecule has 1 aromatic heterocycles. The van der Waals surface area contributed by atoms with Gasteiger partial charge in [0.15, 0.2) is 15.8 Å².